The van der Waals surface area contributed by atoms with E-state index in [-0.39, 0.29) is 6.17 Å². The molecule has 0 amide bonds. The molecule has 1 heterocycles. The van der Waals surface area contributed by atoms with Gasteiger partial charge in [-0.2, -0.15) is 0 Å². The summed E-state index contributed by atoms with van der Waals surface area (Å²) in [4.78, 5) is 2.02. The van der Waals surface area contributed by atoms with Crippen LogP contribution in [0.5, 0.6) is 0 Å². The monoisotopic (exact) mass is 139 g/mol. The molecule has 0 aromatic carbocycles. The van der Waals surface area contributed by atoms with E-state index in [1.54, 1.807) is 0 Å². The van der Waals surface area contributed by atoms with Crippen LogP contribution in [0.25, 0.3) is 0 Å². The number of rotatable bonds is 1. The Kier molecular flexibility index (Phi) is 1.97. The number of hydrogen-bond acceptors (Lipinski definition) is 3. The van der Waals surface area contributed by atoms with Gasteiger partial charge in [-0.05, 0) is 32.4 Å². The third kappa shape index (κ3) is 1.30. The summed E-state index contributed by atoms with van der Waals surface area (Å²) < 4.78 is 0. The largest absolute Gasteiger partial charge is 0.399 e. The molecule has 3 heteroatoms. The highest BCUT2D eigenvalue weighted by molar-refractivity contribution is 5.19. The topological polar surface area (TPSA) is 41.3 Å². The molecule has 0 radical (unpaired) electrons. The first-order valence-corrected chi connectivity index (χ1v) is 3.26. The highest BCUT2D eigenvalue weighted by atomic mass is 15.2. The lowest BCUT2D eigenvalue weighted by molar-refractivity contribution is 0.300. The summed E-state index contributed by atoms with van der Waals surface area (Å²) in [5, 5.41) is 3.12. The standard InChI is InChI=1S/C7H13N3/c1-10(2)7-6(8)4-3-5-9-7/h3-5,7,9H,8H2,1-2H3. The fourth-order valence-corrected chi connectivity index (χ4v) is 0.941. The van der Waals surface area contributed by atoms with Crippen molar-refractivity contribution >= 4 is 0 Å². The summed E-state index contributed by atoms with van der Waals surface area (Å²) in [6, 6.07) is 0. The summed E-state index contributed by atoms with van der Waals surface area (Å²) in [6.45, 7) is 0. The predicted octanol–water partition coefficient (Wildman–Crippen LogP) is -0.166. The van der Waals surface area contributed by atoms with Crippen LogP contribution in [0.4, 0.5) is 0 Å². The number of dihydropyridines is 1. The summed E-state index contributed by atoms with van der Waals surface area (Å²) in [7, 11) is 3.97. The maximum absolute atomic E-state index is 5.69. The molecular weight excluding hydrogens is 126 g/mol. The van der Waals surface area contributed by atoms with Crippen LogP contribution in [0.2, 0.25) is 0 Å². The molecule has 0 aromatic rings. The lowest BCUT2D eigenvalue weighted by atomic mass is 10.2. The Balaban J connectivity index is 2.64. The number of allylic oxidation sites excluding steroid dienone is 2. The lowest BCUT2D eigenvalue weighted by Gasteiger charge is -2.26. The minimum absolute atomic E-state index is 0.157. The van der Waals surface area contributed by atoms with Crippen LogP contribution in [-0.4, -0.2) is 25.2 Å². The van der Waals surface area contributed by atoms with E-state index in [1.807, 2.05) is 37.3 Å². The SMILES string of the molecule is CN(C)C1NC=CC=C1N. The van der Waals surface area contributed by atoms with Gasteiger partial charge in [-0.3, -0.25) is 4.90 Å². The zero-order valence-electron chi connectivity index (χ0n) is 6.33. The average Bonchev–Trinajstić information content (AvgIpc) is 1.88. The van der Waals surface area contributed by atoms with E-state index in [0.29, 0.717) is 0 Å². The third-order valence-corrected chi connectivity index (χ3v) is 1.47. The Morgan fingerprint density at radius 3 is 2.70 bits per heavy atom. The molecule has 0 saturated heterocycles. The molecule has 1 rings (SSSR count). The molecule has 0 saturated carbocycles. The van der Waals surface area contributed by atoms with Crippen molar-refractivity contribution in [3.63, 3.8) is 0 Å². The van der Waals surface area contributed by atoms with Crippen LogP contribution in [0.1, 0.15) is 0 Å². The molecule has 1 unspecified atom stereocenters. The van der Waals surface area contributed by atoms with Gasteiger partial charge >= 0.3 is 0 Å². The molecule has 0 aromatic heterocycles. The van der Waals surface area contributed by atoms with Gasteiger partial charge in [0.1, 0.15) is 6.17 Å². The van der Waals surface area contributed by atoms with Crippen LogP contribution in [-0.2, 0) is 0 Å². The van der Waals surface area contributed by atoms with Gasteiger partial charge in [0.2, 0.25) is 0 Å². The third-order valence-electron chi connectivity index (χ3n) is 1.47. The zero-order chi connectivity index (χ0) is 7.56. The van der Waals surface area contributed by atoms with E-state index < -0.39 is 0 Å². The molecule has 3 N–H and O–H groups in total. The van der Waals surface area contributed by atoms with Crippen LogP contribution in [0.3, 0.4) is 0 Å². The molecule has 1 aliphatic rings. The smallest absolute Gasteiger partial charge is 0.119 e. The summed E-state index contributed by atoms with van der Waals surface area (Å²) >= 11 is 0. The van der Waals surface area contributed by atoms with E-state index in [0.717, 1.165) is 5.70 Å². The van der Waals surface area contributed by atoms with Gasteiger partial charge in [0.25, 0.3) is 0 Å². The molecule has 1 aliphatic heterocycles. The highest BCUT2D eigenvalue weighted by Gasteiger charge is 2.12. The van der Waals surface area contributed by atoms with Gasteiger partial charge < -0.3 is 11.1 Å². The molecule has 0 aliphatic carbocycles. The molecule has 10 heavy (non-hydrogen) atoms. The molecule has 3 nitrogen and oxygen atoms in total. The van der Waals surface area contributed by atoms with E-state index >= 15 is 0 Å². The minimum atomic E-state index is 0.157. The van der Waals surface area contributed by atoms with Crippen LogP contribution in [0, 0.1) is 0 Å². The van der Waals surface area contributed by atoms with Crippen molar-refractivity contribution in [1.29, 1.82) is 0 Å². The van der Waals surface area contributed by atoms with E-state index in [4.69, 9.17) is 5.73 Å². The van der Waals surface area contributed by atoms with Crippen LogP contribution in [0.15, 0.2) is 24.0 Å². The van der Waals surface area contributed by atoms with Crippen LogP contribution < -0.4 is 11.1 Å². The van der Waals surface area contributed by atoms with Gasteiger partial charge in [-0.25, -0.2) is 0 Å². The fraction of sp³-hybridized carbons (Fsp3) is 0.429. The Morgan fingerprint density at radius 2 is 2.30 bits per heavy atom. The fourth-order valence-electron chi connectivity index (χ4n) is 0.941. The Bertz CT molecular complexity index is 170. The van der Waals surface area contributed by atoms with Gasteiger partial charge in [-0.1, -0.05) is 0 Å². The van der Waals surface area contributed by atoms with Crippen molar-refractivity contribution in [2.45, 2.75) is 6.17 Å². The van der Waals surface area contributed by atoms with E-state index in [9.17, 15) is 0 Å². The normalized spacial score (nSPS) is 24.3. The molecule has 56 valence electrons. The Hall–Kier alpha value is -0.960. The first-order valence-electron chi connectivity index (χ1n) is 3.26. The molecular formula is C7H13N3. The quantitative estimate of drug-likeness (QED) is 0.530. The van der Waals surface area contributed by atoms with Crippen molar-refractivity contribution in [2.75, 3.05) is 14.1 Å². The first kappa shape index (κ1) is 7.15. The summed E-state index contributed by atoms with van der Waals surface area (Å²) in [5.74, 6) is 0. The number of likely N-dealkylation sites (N-methyl/N-ethyl adjacent to an activating group) is 1. The van der Waals surface area contributed by atoms with Crippen molar-refractivity contribution in [3.8, 4) is 0 Å². The molecule has 0 spiro atoms. The number of hydrogen-bond donors (Lipinski definition) is 2. The highest BCUT2D eigenvalue weighted by Crippen LogP contribution is 2.02. The number of nitrogens with zero attached hydrogens (tertiary/aromatic N) is 1. The van der Waals surface area contributed by atoms with E-state index in [2.05, 4.69) is 5.32 Å². The van der Waals surface area contributed by atoms with Gasteiger partial charge in [0.05, 0.1) is 0 Å². The average molecular weight is 139 g/mol. The second-order valence-electron chi connectivity index (χ2n) is 2.56. The number of nitrogens with one attached hydrogen (secondary N) is 1. The van der Waals surface area contributed by atoms with Crippen molar-refractivity contribution in [2.24, 2.45) is 5.73 Å². The van der Waals surface area contributed by atoms with Crippen molar-refractivity contribution < 1.29 is 0 Å². The van der Waals surface area contributed by atoms with E-state index in [1.165, 1.54) is 0 Å². The molecule has 0 fully saturated rings. The lowest BCUT2D eigenvalue weighted by Crippen LogP contribution is -2.43. The molecule has 1 atom stereocenters. The van der Waals surface area contributed by atoms with Gasteiger partial charge in [-0.15, -0.1) is 0 Å². The van der Waals surface area contributed by atoms with Gasteiger partial charge in [0, 0.05) is 5.70 Å². The zero-order valence-corrected chi connectivity index (χ0v) is 6.33. The van der Waals surface area contributed by atoms with Crippen LogP contribution >= 0.6 is 0 Å². The Morgan fingerprint density at radius 1 is 1.60 bits per heavy atom. The Labute approximate surface area is 61.2 Å². The summed E-state index contributed by atoms with van der Waals surface area (Å²) in [5.41, 5.74) is 6.54. The minimum Gasteiger partial charge on any atom is -0.399 e. The predicted molar refractivity (Wildman–Crippen MR) is 42.0 cm³/mol. The second-order valence-corrected chi connectivity index (χ2v) is 2.56. The van der Waals surface area contributed by atoms with Gasteiger partial charge in [0.15, 0.2) is 0 Å². The van der Waals surface area contributed by atoms with Crippen molar-refractivity contribution in [1.82, 2.24) is 10.2 Å². The second kappa shape index (κ2) is 2.75. The maximum Gasteiger partial charge on any atom is 0.119 e. The maximum atomic E-state index is 5.69. The number of nitrogens with two attached hydrogens (primary N) is 1. The molecule has 0 bridgehead atoms. The summed E-state index contributed by atoms with van der Waals surface area (Å²) in [6.07, 6.45) is 5.85. The van der Waals surface area contributed by atoms with Crippen molar-refractivity contribution in [3.05, 3.63) is 24.0 Å². The first-order chi connectivity index (χ1) is 4.72.